The number of hydrogen-bond acceptors (Lipinski definition) is 5. The molecule has 0 unspecified atom stereocenters. The van der Waals surface area contributed by atoms with E-state index in [1.165, 1.54) is 11.1 Å². The van der Waals surface area contributed by atoms with Gasteiger partial charge in [-0.25, -0.2) is 19.6 Å². The van der Waals surface area contributed by atoms with E-state index in [1.54, 1.807) is 12.7 Å². The molecule has 0 bridgehead atoms. The lowest BCUT2D eigenvalue weighted by atomic mass is 10.1. The molecule has 0 atom stereocenters. The summed E-state index contributed by atoms with van der Waals surface area (Å²) in [5.74, 6) is 1.63. The molecular weight excluding hydrogens is 276 g/mol. The van der Waals surface area contributed by atoms with Gasteiger partial charge in [-0.05, 0) is 25.0 Å². The van der Waals surface area contributed by atoms with E-state index in [2.05, 4.69) is 49.6 Å². The fourth-order valence-corrected chi connectivity index (χ4v) is 2.34. The van der Waals surface area contributed by atoms with Gasteiger partial charge in [0.2, 0.25) is 0 Å². The lowest BCUT2D eigenvalue weighted by molar-refractivity contribution is 0.684. The Hall–Kier alpha value is -2.76. The topological polar surface area (TPSA) is 68.5 Å². The first kappa shape index (κ1) is 14.2. The van der Waals surface area contributed by atoms with Crippen LogP contribution in [0, 0.1) is 13.8 Å². The van der Waals surface area contributed by atoms with Crippen molar-refractivity contribution >= 4 is 5.82 Å². The van der Waals surface area contributed by atoms with Gasteiger partial charge in [-0.3, -0.25) is 0 Å². The van der Waals surface area contributed by atoms with Gasteiger partial charge < -0.3 is 5.32 Å². The van der Waals surface area contributed by atoms with Crippen LogP contribution in [0.25, 0.3) is 0 Å². The number of rotatable bonds is 5. The first-order valence-corrected chi connectivity index (χ1v) is 7.15. The SMILES string of the molecule is Cc1cc(NCc2cccc(Cn3cncn3)c2)nc(C)n1. The van der Waals surface area contributed by atoms with Crippen LogP contribution in [0.1, 0.15) is 22.6 Å². The summed E-state index contributed by atoms with van der Waals surface area (Å²) in [7, 11) is 0. The highest BCUT2D eigenvalue weighted by Crippen LogP contribution is 2.11. The Morgan fingerprint density at radius 2 is 1.95 bits per heavy atom. The summed E-state index contributed by atoms with van der Waals surface area (Å²) in [5, 5.41) is 7.47. The molecule has 22 heavy (non-hydrogen) atoms. The molecule has 2 aromatic heterocycles. The van der Waals surface area contributed by atoms with E-state index in [0.29, 0.717) is 0 Å². The maximum atomic E-state index is 4.39. The van der Waals surface area contributed by atoms with Gasteiger partial charge in [0.25, 0.3) is 0 Å². The quantitative estimate of drug-likeness (QED) is 0.782. The molecule has 6 heteroatoms. The van der Waals surface area contributed by atoms with Crippen molar-refractivity contribution < 1.29 is 0 Å². The summed E-state index contributed by atoms with van der Waals surface area (Å²) < 4.78 is 1.81. The van der Waals surface area contributed by atoms with Gasteiger partial charge in [0.15, 0.2) is 0 Å². The molecule has 0 aliphatic carbocycles. The third kappa shape index (κ3) is 3.66. The monoisotopic (exact) mass is 294 g/mol. The zero-order valence-electron chi connectivity index (χ0n) is 12.7. The van der Waals surface area contributed by atoms with Crippen LogP contribution in [0.5, 0.6) is 0 Å². The predicted molar refractivity (Wildman–Crippen MR) is 84.4 cm³/mol. The van der Waals surface area contributed by atoms with Crippen LogP contribution in [-0.2, 0) is 13.1 Å². The largest absolute Gasteiger partial charge is 0.366 e. The van der Waals surface area contributed by atoms with Gasteiger partial charge in [-0.15, -0.1) is 0 Å². The van der Waals surface area contributed by atoms with Gasteiger partial charge in [0.1, 0.15) is 24.3 Å². The third-order valence-electron chi connectivity index (χ3n) is 3.24. The number of benzene rings is 1. The molecule has 112 valence electrons. The van der Waals surface area contributed by atoms with Crippen molar-refractivity contribution in [3.05, 3.63) is 65.6 Å². The zero-order chi connectivity index (χ0) is 15.4. The molecule has 3 rings (SSSR count). The summed E-state index contributed by atoms with van der Waals surface area (Å²) in [6, 6.07) is 10.4. The van der Waals surface area contributed by atoms with Crippen LogP contribution in [-0.4, -0.2) is 24.7 Å². The van der Waals surface area contributed by atoms with Gasteiger partial charge in [0, 0.05) is 18.3 Å². The van der Waals surface area contributed by atoms with E-state index in [0.717, 1.165) is 30.4 Å². The van der Waals surface area contributed by atoms with Crippen molar-refractivity contribution in [2.75, 3.05) is 5.32 Å². The Morgan fingerprint density at radius 1 is 1.09 bits per heavy atom. The number of anilines is 1. The molecule has 0 amide bonds. The first-order chi connectivity index (χ1) is 10.7. The molecule has 0 aliphatic heterocycles. The van der Waals surface area contributed by atoms with Crippen LogP contribution in [0.2, 0.25) is 0 Å². The smallest absolute Gasteiger partial charge is 0.137 e. The van der Waals surface area contributed by atoms with E-state index in [1.807, 2.05) is 24.6 Å². The Balaban J connectivity index is 1.67. The van der Waals surface area contributed by atoms with Crippen LogP contribution in [0.15, 0.2) is 43.0 Å². The molecule has 1 aromatic carbocycles. The Morgan fingerprint density at radius 3 is 2.73 bits per heavy atom. The van der Waals surface area contributed by atoms with Crippen molar-refractivity contribution in [3.63, 3.8) is 0 Å². The molecule has 0 radical (unpaired) electrons. The summed E-state index contributed by atoms with van der Waals surface area (Å²) >= 11 is 0. The second kappa shape index (κ2) is 6.34. The predicted octanol–water partition coefficient (Wildman–Crippen LogP) is 2.35. The fraction of sp³-hybridized carbons (Fsp3) is 0.250. The van der Waals surface area contributed by atoms with Crippen LogP contribution in [0.3, 0.4) is 0 Å². The molecule has 0 saturated carbocycles. The summed E-state index contributed by atoms with van der Waals surface area (Å²) in [6.07, 6.45) is 3.27. The van der Waals surface area contributed by atoms with Crippen molar-refractivity contribution in [2.24, 2.45) is 0 Å². The highest BCUT2D eigenvalue weighted by molar-refractivity contribution is 5.37. The summed E-state index contributed by atoms with van der Waals surface area (Å²) in [4.78, 5) is 12.6. The van der Waals surface area contributed by atoms with Crippen molar-refractivity contribution in [2.45, 2.75) is 26.9 Å². The highest BCUT2D eigenvalue weighted by atomic mass is 15.3. The summed E-state index contributed by atoms with van der Waals surface area (Å²) in [6.45, 7) is 5.32. The molecule has 0 fully saturated rings. The average Bonchev–Trinajstić information content (AvgIpc) is 2.97. The van der Waals surface area contributed by atoms with E-state index >= 15 is 0 Å². The maximum absolute atomic E-state index is 4.39. The third-order valence-corrected chi connectivity index (χ3v) is 3.24. The standard InChI is InChI=1S/C16H18N6/c1-12-6-16(21-13(2)20-12)18-8-14-4-3-5-15(7-14)9-22-11-17-10-19-22/h3-7,10-11H,8-9H2,1-2H3,(H,18,20,21). The highest BCUT2D eigenvalue weighted by Gasteiger charge is 2.01. The molecule has 0 spiro atoms. The van der Waals surface area contributed by atoms with Crippen LogP contribution >= 0.6 is 0 Å². The average molecular weight is 294 g/mol. The second-order valence-electron chi connectivity index (χ2n) is 5.21. The maximum Gasteiger partial charge on any atom is 0.137 e. The molecule has 2 heterocycles. The number of nitrogens with zero attached hydrogens (tertiary/aromatic N) is 5. The van der Waals surface area contributed by atoms with Crippen LogP contribution in [0.4, 0.5) is 5.82 Å². The molecule has 0 saturated heterocycles. The van der Waals surface area contributed by atoms with E-state index < -0.39 is 0 Å². The Kier molecular flexibility index (Phi) is 4.09. The molecule has 3 aromatic rings. The minimum atomic E-state index is 0.722. The fourth-order valence-electron chi connectivity index (χ4n) is 2.34. The summed E-state index contributed by atoms with van der Waals surface area (Å²) in [5.41, 5.74) is 3.36. The zero-order valence-corrected chi connectivity index (χ0v) is 12.7. The molecule has 6 nitrogen and oxygen atoms in total. The van der Waals surface area contributed by atoms with Gasteiger partial charge >= 0.3 is 0 Å². The number of nitrogens with one attached hydrogen (secondary N) is 1. The van der Waals surface area contributed by atoms with E-state index in [4.69, 9.17) is 0 Å². The lowest BCUT2D eigenvalue weighted by Crippen LogP contribution is -2.05. The van der Waals surface area contributed by atoms with E-state index in [-0.39, 0.29) is 0 Å². The first-order valence-electron chi connectivity index (χ1n) is 7.15. The lowest BCUT2D eigenvalue weighted by Gasteiger charge is -2.09. The molecule has 0 aliphatic rings. The normalized spacial score (nSPS) is 10.6. The molecule has 1 N–H and O–H groups in total. The van der Waals surface area contributed by atoms with Crippen LogP contribution < -0.4 is 5.32 Å². The molecular formula is C16H18N6. The van der Waals surface area contributed by atoms with Gasteiger partial charge in [-0.2, -0.15) is 5.10 Å². The van der Waals surface area contributed by atoms with Crippen molar-refractivity contribution in [1.82, 2.24) is 24.7 Å². The second-order valence-corrected chi connectivity index (χ2v) is 5.21. The minimum absolute atomic E-state index is 0.722. The van der Waals surface area contributed by atoms with Crippen molar-refractivity contribution in [3.8, 4) is 0 Å². The number of hydrogen-bond donors (Lipinski definition) is 1. The Labute approximate surface area is 129 Å². The minimum Gasteiger partial charge on any atom is -0.366 e. The van der Waals surface area contributed by atoms with E-state index in [9.17, 15) is 0 Å². The van der Waals surface area contributed by atoms with Gasteiger partial charge in [-0.1, -0.05) is 24.3 Å². The van der Waals surface area contributed by atoms with Crippen molar-refractivity contribution in [1.29, 1.82) is 0 Å². The number of aryl methyl sites for hydroxylation is 2. The Bertz CT molecular complexity index is 731. The number of aromatic nitrogens is 5. The van der Waals surface area contributed by atoms with Gasteiger partial charge in [0.05, 0.1) is 6.54 Å².